The summed E-state index contributed by atoms with van der Waals surface area (Å²) >= 11 is 5.69. The van der Waals surface area contributed by atoms with Gasteiger partial charge in [0.1, 0.15) is 5.82 Å². The Morgan fingerprint density at radius 2 is 2.29 bits per heavy atom. The molecule has 1 unspecified atom stereocenters. The standard InChI is InChI=1S/C12H20BrN3S/c1-4-10-8-16(5-6-17-10)12-11(7-13)9(2)14-15(12)3/h10H,4-8H2,1-3H3. The second-order valence-electron chi connectivity index (χ2n) is 4.49. The smallest absolute Gasteiger partial charge is 0.130 e. The highest BCUT2D eigenvalue weighted by molar-refractivity contribution is 9.08. The van der Waals surface area contributed by atoms with Gasteiger partial charge in [-0.1, -0.05) is 22.9 Å². The summed E-state index contributed by atoms with van der Waals surface area (Å²) in [4.78, 5) is 2.50. The zero-order valence-electron chi connectivity index (χ0n) is 10.7. The van der Waals surface area contributed by atoms with E-state index in [-0.39, 0.29) is 0 Å². The lowest BCUT2D eigenvalue weighted by atomic mass is 10.2. The second-order valence-corrected chi connectivity index (χ2v) is 6.46. The van der Waals surface area contributed by atoms with Crippen molar-refractivity contribution in [2.75, 3.05) is 23.7 Å². The molecule has 3 nitrogen and oxygen atoms in total. The van der Waals surface area contributed by atoms with Gasteiger partial charge in [-0.05, 0) is 13.3 Å². The average Bonchev–Trinajstić information content (AvgIpc) is 2.63. The molecule has 0 spiro atoms. The summed E-state index contributed by atoms with van der Waals surface area (Å²) in [7, 11) is 2.05. The molecule has 0 radical (unpaired) electrons. The Morgan fingerprint density at radius 1 is 1.53 bits per heavy atom. The van der Waals surface area contributed by atoms with Gasteiger partial charge in [0.25, 0.3) is 0 Å². The normalized spacial score (nSPS) is 20.9. The summed E-state index contributed by atoms with van der Waals surface area (Å²) in [5, 5.41) is 6.20. The molecule has 96 valence electrons. The average molecular weight is 318 g/mol. The Bertz CT molecular complexity index is 391. The molecular weight excluding hydrogens is 298 g/mol. The highest BCUT2D eigenvalue weighted by atomic mass is 79.9. The maximum atomic E-state index is 4.55. The third-order valence-corrected chi connectivity index (χ3v) is 5.27. The second kappa shape index (κ2) is 5.65. The van der Waals surface area contributed by atoms with Crippen molar-refractivity contribution >= 4 is 33.5 Å². The highest BCUT2D eigenvalue weighted by Crippen LogP contribution is 2.30. The topological polar surface area (TPSA) is 21.1 Å². The SMILES string of the molecule is CCC1CN(c2c(CBr)c(C)nn2C)CCS1. The van der Waals surface area contributed by atoms with Crippen LogP contribution in [0.5, 0.6) is 0 Å². The molecule has 0 bridgehead atoms. The zero-order valence-corrected chi connectivity index (χ0v) is 13.1. The summed E-state index contributed by atoms with van der Waals surface area (Å²) < 4.78 is 2.04. The molecule has 2 rings (SSSR count). The van der Waals surface area contributed by atoms with E-state index in [0.717, 1.165) is 29.4 Å². The van der Waals surface area contributed by atoms with Crippen molar-refractivity contribution < 1.29 is 0 Å². The van der Waals surface area contributed by atoms with E-state index in [4.69, 9.17) is 0 Å². The van der Waals surface area contributed by atoms with E-state index in [9.17, 15) is 0 Å². The minimum absolute atomic E-state index is 0.766. The number of alkyl halides is 1. The summed E-state index contributed by atoms with van der Waals surface area (Å²) in [5.74, 6) is 2.53. The molecule has 2 heterocycles. The molecule has 0 aliphatic carbocycles. The number of halogens is 1. The number of nitrogens with zero attached hydrogens (tertiary/aromatic N) is 3. The van der Waals surface area contributed by atoms with Crippen LogP contribution in [0.1, 0.15) is 24.6 Å². The third kappa shape index (κ3) is 2.65. The zero-order chi connectivity index (χ0) is 12.4. The van der Waals surface area contributed by atoms with E-state index in [1.165, 1.54) is 23.6 Å². The van der Waals surface area contributed by atoms with Gasteiger partial charge in [-0.15, -0.1) is 0 Å². The van der Waals surface area contributed by atoms with Crippen molar-refractivity contribution in [1.82, 2.24) is 9.78 Å². The van der Waals surface area contributed by atoms with Crippen molar-refractivity contribution in [3.8, 4) is 0 Å². The largest absolute Gasteiger partial charge is 0.355 e. The van der Waals surface area contributed by atoms with Crippen LogP contribution < -0.4 is 4.90 Å². The number of aryl methyl sites for hydroxylation is 2. The highest BCUT2D eigenvalue weighted by Gasteiger charge is 2.24. The fourth-order valence-corrected chi connectivity index (χ4v) is 4.24. The fourth-order valence-electron chi connectivity index (χ4n) is 2.40. The Labute approximate surface area is 116 Å². The minimum atomic E-state index is 0.766. The molecule has 17 heavy (non-hydrogen) atoms. The fraction of sp³-hybridized carbons (Fsp3) is 0.750. The van der Waals surface area contributed by atoms with Crippen molar-refractivity contribution in [2.24, 2.45) is 7.05 Å². The van der Waals surface area contributed by atoms with Crippen molar-refractivity contribution in [3.63, 3.8) is 0 Å². The van der Waals surface area contributed by atoms with E-state index in [1.807, 2.05) is 4.68 Å². The van der Waals surface area contributed by atoms with Crippen LogP contribution in [0.2, 0.25) is 0 Å². The van der Waals surface area contributed by atoms with Crippen LogP contribution >= 0.6 is 27.7 Å². The first-order chi connectivity index (χ1) is 8.17. The third-order valence-electron chi connectivity index (χ3n) is 3.34. The molecule has 1 aliphatic rings. The monoisotopic (exact) mass is 317 g/mol. The lowest BCUT2D eigenvalue weighted by molar-refractivity contribution is 0.673. The van der Waals surface area contributed by atoms with Gasteiger partial charge < -0.3 is 4.90 Å². The molecule has 5 heteroatoms. The van der Waals surface area contributed by atoms with Gasteiger partial charge in [-0.25, -0.2) is 0 Å². The molecule has 1 aromatic rings. The molecule has 0 saturated carbocycles. The van der Waals surface area contributed by atoms with Crippen LogP contribution in [0.4, 0.5) is 5.82 Å². The van der Waals surface area contributed by atoms with Gasteiger partial charge in [-0.2, -0.15) is 16.9 Å². The quantitative estimate of drug-likeness (QED) is 0.800. The van der Waals surface area contributed by atoms with Crippen LogP contribution in [-0.4, -0.2) is 33.9 Å². The predicted molar refractivity (Wildman–Crippen MR) is 79.3 cm³/mol. The van der Waals surface area contributed by atoms with Crippen LogP contribution in [0.3, 0.4) is 0 Å². The first-order valence-corrected chi connectivity index (χ1v) is 8.29. The first kappa shape index (κ1) is 13.3. The van der Waals surface area contributed by atoms with E-state index < -0.39 is 0 Å². The van der Waals surface area contributed by atoms with Crippen LogP contribution in [0.25, 0.3) is 0 Å². The number of hydrogen-bond acceptors (Lipinski definition) is 3. The summed E-state index contributed by atoms with van der Waals surface area (Å²) in [5.41, 5.74) is 2.49. The molecule has 0 amide bonds. The summed E-state index contributed by atoms with van der Waals surface area (Å²) in [6.07, 6.45) is 1.25. The maximum absolute atomic E-state index is 4.55. The van der Waals surface area contributed by atoms with Gasteiger partial charge in [-0.3, -0.25) is 4.68 Å². The van der Waals surface area contributed by atoms with Crippen molar-refractivity contribution in [2.45, 2.75) is 30.8 Å². The van der Waals surface area contributed by atoms with Gasteiger partial charge >= 0.3 is 0 Å². The molecule has 1 aromatic heterocycles. The molecule has 1 aliphatic heterocycles. The number of rotatable bonds is 3. The van der Waals surface area contributed by atoms with Crippen LogP contribution in [0.15, 0.2) is 0 Å². The van der Waals surface area contributed by atoms with E-state index >= 15 is 0 Å². The Hall–Kier alpha value is -0.160. The maximum Gasteiger partial charge on any atom is 0.130 e. The molecule has 1 saturated heterocycles. The molecule has 0 N–H and O–H groups in total. The van der Waals surface area contributed by atoms with Gasteiger partial charge in [0.05, 0.1) is 5.69 Å². The Kier molecular flexibility index (Phi) is 4.42. The minimum Gasteiger partial charge on any atom is -0.355 e. The number of hydrogen-bond donors (Lipinski definition) is 0. The lowest BCUT2D eigenvalue weighted by Crippen LogP contribution is -2.39. The molecule has 1 atom stereocenters. The molecular formula is C12H20BrN3S. The van der Waals surface area contributed by atoms with Gasteiger partial charge in [0.15, 0.2) is 0 Å². The van der Waals surface area contributed by atoms with E-state index in [1.54, 1.807) is 0 Å². The van der Waals surface area contributed by atoms with Crippen LogP contribution in [-0.2, 0) is 12.4 Å². The number of anilines is 1. The van der Waals surface area contributed by atoms with Crippen molar-refractivity contribution in [1.29, 1.82) is 0 Å². The Balaban J connectivity index is 2.26. The van der Waals surface area contributed by atoms with Gasteiger partial charge in [0.2, 0.25) is 0 Å². The predicted octanol–water partition coefficient (Wildman–Crippen LogP) is 2.96. The molecule has 1 fully saturated rings. The number of thioether (sulfide) groups is 1. The van der Waals surface area contributed by atoms with Crippen molar-refractivity contribution in [3.05, 3.63) is 11.3 Å². The molecule has 0 aromatic carbocycles. The van der Waals surface area contributed by atoms with Gasteiger partial charge in [0, 0.05) is 42.0 Å². The Morgan fingerprint density at radius 3 is 2.94 bits per heavy atom. The summed E-state index contributed by atoms with van der Waals surface area (Å²) in [6, 6.07) is 0. The van der Waals surface area contributed by atoms with E-state index in [0.29, 0.717) is 0 Å². The summed E-state index contributed by atoms with van der Waals surface area (Å²) in [6.45, 7) is 6.66. The first-order valence-electron chi connectivity index (χ1n) is 6.12. The van der Waals surface area contributed by atoms with Crippen LogP contribution in [0, 0.1) is 6.92 Å². The lowest BCUT2D eigenvalue weighted by Gasteiger charge is -2.34. The van der Waals surface area contributed by atoms with E-state index in [2.05, 4.69) is 58.6 Å². The number of aromatic nitrogens is 2.